The fourth-order valence-electron chi connectivity index (χ4n) is 2.58. The number of oxazole rings is 1. The van der Waals surface area contributed by atoms with Gasteiger partial charge in [-0.2, -0.15) is 0 Å². The van der Waals surface area contributed by atoms with E-state index in [0.717, 1.165) is 25.9 Å². The minimum absolute atomic E-state index is 0.0203. The van der Waals surface area contributed by atoms with Crippen LogP contribution in [-0.2, 0) is 0 Å². The minimum atomic E-state index is -0.0203. The number of nitrogens with one attached hydrogen (secondary N) is 1. The van der Waals surface area contributed by atoms with Crippen molar-refractivity contribution < 1.29 is 9.21 Å². The van der Waals surface area contributed by atoms with Gasteiger partial charge in [0, 0.05) is 26.1 Å². The number of hydrogen-bond acceptors (Lipinski definition) is 4. The van der Waals surface area contributed by atoms with Gasteiger partial charge in [-0.15, -0.1) is 0 Å². The van der Waals surface area contributed by atoms with Crippen LogP contribution in [-0.4, -0.2) is 42.0 Å². The van der Waals surface area contributed by atoms with Crippen LogP contribution < -0.4 is 5.32 Å². The van der Waals surface area contributed by atoms with Gasteiger partial charge in [0.05, 0.1) is 5.69 Å². The van der Waals surface area contributed by atoms with Crippen LogP contribution in [0.1, 0.15) is 41.4 Å². The Labute approximate surface area is 108 Å². The quantitative estimate of drug-likeness (QED) is 0.884. The minimum Gasteiger partial charge on any atom is -0.436 e. The second-order valence-corrected chi connectivity index (χ2v) is 4.85. The zero-order chi connectivity index (χ0) is 13.1. The first-order valence-electron chi connectivity index (χ1n) is 6.53. The van der Waals surface area contributed by atoms with E-state index in [2.05, 4.69) is 10.3 Å². The molecule has 0 radical (unpaired) electrons. The van der Waals surface area contributed by atoms with Crippen LogP contribution in [0, 0.1) is 13.8 Å². The molecule has 1 N–H and O–H groups in total. The summed E-state index contributed by atoms with van der Waals surface area (Å²) >= 11 is 0. The van der Waals surface area contributed by atoms with Gasteiger partial charge in [0.2, 0.25) is 5.76 Å². The number of carbonyl (C=O) groups is 1. The maximum atomic E-state index is 12.5. The number of hydrogen-bond donors (Lipinski definition) is 1. The van der Waals surface area contributed by atoms with Crippen molar-refractivity contribution in [2.45, 2.75) is 39.2 Å². The summed E-state index contributed by atoms with van der Waals surface area (Å²) in [5.74, 6) is 0.932. The van der Waals surface area contributed by atoms with Crippen molar-refractivity contribution in [3.05, 3.63) is 17.3 Å². The maximum absolute atomic E-state index is 12.5. The Hall–Kier alpha value is -1.36. The molecule has 2 rings (SSSR count). The molecular formula is C13H21N3O2. The normalized spacial score (nSPS) is 20.2. The Morgan fingerprint density at radius 3 is 2.89 bits per heavy atom. The maximum Gasteiger partial charge on any atom is 0.291 e. The lowest BCUT2D eigenvalue weighted by Crippen LogP contribution is -2.48. The predicted molar refractivity (Wildman–Crippen MR) is 68.6 cm³/mol. The molecule has 5 nitrogen and oxygen atoms in total. The van der Waals surface area contributed by atoms with Crippen molar-refractivity contribution in [1.82, 2.24) is 15.2 Å². The summed E-state index contributed by atoms with van der Waals surface area (Å²) in [7, 11) is 1.92. The van der Waals surface area contributed by atoms with E-state index < -0.39 is 0 Å². The highest BCUT2D eigenvalue weighted by Gasteiger charge is 2.30. The molecule has 1 saturated heterocycles. The number of aryl methyl sites for hydroxylation is 2. The molecule has 1 aromatic heterocycles. The Kier molecular flexibility index (Phi) is 4.01. The van der Waals surface area contributed by atoms with E-state index in [-0.39, 0.29) is 11.9 Å². The SMILES string of the molecule is CNCC1CCCCN1C(=O)c1oc(C)nc1C. The summed E-state index contributed by atoms with van der Waals surface area (Å²) in [6, 6.07) is 0.265. The summed E-state index contributed by atoms with van der Waals surface area (Å²) < 4.78 is 5.43. The fraction of sp³-hybridized carbons (Fsp3) is 0.692. The van der Waals surface area contributed by atoms with Gasteiger partial charge >= 0.3 is 0 Å². The molecule has 1 atom stereocenters. The summed E-state index contributed by atoms with van der Waals surface area (Å²) in [6.07, 6.45) is 3.31. The number of piperidine rings is 1. The Bertz CT molecular complexity index is 426. The summed E-state index contributed by atoms with van der Waals surface area (Å²) in [5, 5.41) is 3.15. The van der Waals surface area contributed by atoms with Gasteiger partial charge in [-0.25, -0.2) is 4.98 Å². The number of likely N-dealkylation sites (N-methyl/N-ethyl adjacent to an activating group) is 1. The summed E-state index contributed by atoms with van der Waals surface area (Å²) in [5.41, 5.74) is 0.686. The molecule has 5 heteroatoms. The molecule has 1 unspecified atom stereocenters. The van der Waals surface area contributed by atoms with Crippen LogP contribution >= 0.6 is 0 Å². The topological polar surface area (TPSA) is 58.4 Å². The standard InChI is InChI=1S/C13H21N3O2/c1-9-12(18-10(2)15-9)13(17)16-7-5-4-6-11(16)8-14-3/h11,14H,4-8H2,1-3H3. The molecule has 100 valence electrons. The predicted octanol–water partition coefficient (Wildman–Crippen LogP) is 1.51. The monoisotopic (exact) mass is 251 g/mol. The fourth-order valence-corrected chi connectivity index (χ4v) is 2.58. The number of amides is 1. The van der Waals surface area contributed by atoms with Crippen molar-refractivity contribution in [3.8, 4) is 0 Å². The number of aromatic nitrogens is 1. The smallest absolute Gasteiger partial charge is 0.291 e. The molecule has 1 aliphatic heterocycles. The molecule has 1 fully saturated rings. The van der Waals surface area contributed by atoms with Gasteiger partial charge in [0.1, 0.15) is 0 Å². The van der Waals surface area contributed by atoms with Gasteiger partial charge in [-0.05, 0) is 33.2 Å². The molecule has 2 heterocycles. The number of nitrogens with zero attached hydrogens (tertiary/aromatic N) is 2. The third-order valence-corrected chi connectivity index (χ3v) is 3.43. The molecule has 1 amide bonds. The average Bonchev–Trinajstić information content (AvgIpc) is 2.69. The highest BCUT2D eigenvalue weighted by atomic mass is 16.4. The number of likely N-dealkylation sites (tertiary alicyclic amines) is 1. The summed E-state index contributed by atoms with van der Waals surface area (Å²) in [6.45, 7) is 5.23. The second-order valence-electron chi connectivity index (χ2n) is 4.85. The number of carbonyl (C=O) groups excluding carboxylic acids is 1. The van der Waals surface area contributed by atoms with Crippen molar-refractivity contribution in [1.29, 1.82) is 0 Å². The molecular weight excluding hydrogens is 230 g/mol. The molecule has 1 aromatic rings. The third kappa shape index (κ3) is 2.56. The van der Waals surface area contributed by atoms with Crippen LogP contribution in [0.5, 0.6) is 0 Å². The summed E-state index contributed by atoms with van der Waals surface area (Å²) in [4.78, 5) is 18.6. The Balaban J connectivity index is 2.18. The van der Waals surface area contributed by atoms with Crippen molar-refractivity contribution in [3.63, 3.8) is 0 Å². The van der Waals surface area contributed by atoms with E-state index in [0.29, 0.717) is 17.3 Å². The van der Waals surface area contributed by atoms with Crippen molar-refractivity contribution >= 4 is 5.91 Å². The van der Waals surface area contributed by atoms with Crippen LogP contribution in [0.2, 0.25) is 0 Å². The van der Waals surface area contributed by atoms with Gasteiger partial charge in [0.25, 0.3) is 5.91 Å². The molecule has 0 spiro atoms. The molecule has 1 aliphatic rings. The zero-order valence-electron chi connectivity index (χ0n) is 11.3. The third-order valence-electron chi connectivity index (χ3n) is 3.43. The average molecular weight is 251 g/mol. The largest absolute Gasteiger partial charge is 0.436 e. The van der Waals surface area contributed by atoms with Gasteiger partial charge in [0.15, 0.2) is 5.89 Å². The lowest BCUT2D eigenvalue weighted by Gasteiger charge is -2.35. The highest BCUT2D eigenvalue weighted by molar-refractivity contribution is 5.92. The van der Waals surface area contributed by atoms with E-state index in [1.807, 2.05) is 18.9 Å². The lowest BCUT2D eigenvalue weighted by atomic mass is 10.0. The molecule has 0 bridgehead atoms. The molecule has 0 saturated carbocycles. The van der Waals surface area contributed by atoms with Crippen LogP contribution in [0.3, 0.4) is 0 Å². The van der Waals surface area contributed by atoms with Crippen LogP contribution in [0.4, 0.5) is 0 Å². The van der Waals surface area contributed by atoms with E-state index in [1.54, 1.807) is 6.92 Å². The van der Waals surface area contributed by atoms with Crippen molar-refractivity contribution in [2.24, 2.45) is 0 Å². The van der Waals surface area contributed by atoms with Crippen LogP contribution in [0.25, 0.3) is 0 Å². The molecule has 0 aromatic carbocycles. The first-order valence-corrected chi connectivity index (χ1v) is 6.53. The molecule has 0 aliphatic carbocycles. The Morgan fingerprint density at radius 1 is 1.50 bits per heavy atom. The van der Waals surface area contributed by atoms with E-state index in [4.69, 9.17) is 4.42 Å². The Morgan fingerprint density at radius 2 is 2.28 bits per heavy atom. The number of rotatable bonds is 3. The van der Waals surface area contributed by atoms with Gasteiger partial charge < -0.3 is 14.6 Å². The molecule has 18 heavy (non-hydrogen) atoms. The van der Waals surface area contributed by atoms with Crippen LogP contribution in [0.15, 0.2) is 4.42 Å². The van der Waals surface area contributed by atoms with Gasteiger partial charge in [-0.1, -0.05) is 0 Å². The van der Waals surface area contributed by atoms with Crippen molar-refractivity contribution in [2.75, 3.05) is 20.1 Å². The zero-order valence-corrected chi connectivity index (χ0v) is 11.3. The van der Waals surface area contributed by atoms with E-state index >= 15 is 0 Å². The lowest BCUT2D eigenvalue weighted by molar-refractivity contribution is 0.0580. The first-order chi connectivity index (χ1) is 8.63. The first kappa shape index (κ1) is 13.1. The van der Waals surface area contributed by atoms with E-state index in [9.17, 15) is 4.79 Å². The second kappa shape index (κ2) is 5.52. The highest BCUT2D eigenvalue weighted by Crippen LogP contribution is 2.21. The van der Waals surface area contributed by atoms with E-state index in [1.165, 1.54) is 6.42 Å². The van der Waals surface area contributed by atoms with Gasteiger partial charge in [-0.3, -0.25) is 4.79 Å².